The zero-order chi connectivity index (χ0) is 40.1. The Labute approximate surface area is 356 Å². The second-order valence-electron chi connectivity index (χ2n) is 17.3. The molecule has 0 radical (unpaired) electrons. The summed E-state index contributed by atoms with van der Waals surface area (Å²) in [7, 11) is 0. The van der Waals surface area contributed by atoms with Crippen molar-refractivity contribution < 1.29 is 4.42 Å². The van der Waals surface area contributed by atoms with E-state index >= 15 is 0 Å². The molecule has 13 rings (SSSR count). The predicted octanol–water partition coefficient (Wildman–Crippen LogP) is 16.3. The quantitative estimate of drug-likeness (QED) is 0.173. The normalized spacial score (nSPS) is 16.5. The van der Waals surface area contributed by atoms with E-state index in [0.717, 1.165) is 39.0 Å². The van der Waals surface area contributed by atoms with Crippen molar-refractivity contribution in [1.29, 1.82) is 0 Å². The van der Waals surface area contributed by atoms with Gasteiger partial charge in [-0.2, -0.15) is 0 Å². The van der Waals surface area contributed by atoms with Crippen molar-refractivity contribution in [1.82, 2.24) is 0 Å². The van der Waals surface area contributed by atoms with Crippen LogP contribution < -0.4 is 4.90 Å². The highest BCUT2D eigenvalue weighted by atomic mass is 16.3. The number of anilines is 3. The van der Waals surface area contributed by atoms with Gasteiger partial charge in [-0.05, 0) is 122 Å². The number of para-hydroxylation sites is 2. The van der Waals surface area contributed by atoms with Crippen molar-refractivity contribution in [2.45, 2.75) is 43.4 Å². The van der Waals surface area contributed by atoms with E-state index in [1.165, 1.54) is 104 Å². The largest absolute Gasteiger partial charge is 0.456 e. The highest BCUT2D eigenvalue weighted by molar-refractivity contribution is 6.09. The molecule has 1 atom stereocenters. The van der Waals surface area contributed by atoms with Gasteiger partial charge >= 0.3 is 0 Å². The third kappa shape index (κ3) is 4.97. The highest BCUT2D eigenvalue weighted by Gasteiger charge is 2.52. The van der Waals surface area contributed by atoms with E-state index in [2.05, 4.69) is 199 Å². The number of nitrogens with zero attached hydrogens (tertiary/aromatic N) is 1. The van der Waals surface area contributed by atoms with Crippen LogP contribution >= 0.6 is 0 Å². The molecule has 3 aliphatic carbocycles. The highest BCUT2D eigenvalue weighted by Crippen LogP contribution is 2.64. The maximum atomic E-state index is 6.59. The lowest BCUT2D eigenvalue weighted by molar-refractivity contribution is 0.440. The molecule has 2 heteroatoms. The van der Waals surface area contributed by atoms with Gasteiger partial charge < -0.3 is 9.32 Å². The van der Waals surface area contributed by atoms with Gasteiger partial charge in [0.05, 0.1) is 11.1 Å². The Balaban J connectivity index is 1.13. The fourth-order valence-corrected chi connectivity index (χ4v) is 11.7. The van der Waals surface area contributed by atoms with Crippen molar-refractivity contribution in [3.05, 3.63) is 222 Å². The lowest BCUT2D eigenvalue weighted by atomic mass is 9.59. The summed E-state index contributed by atoms with van der Waals surface area (Å²) in [6.07, 6.45) is 6.38. The van der Waals surface area contributed by atoms with Gasteiger partial charge in [-0.25, -0.2) is 0 Å². The van der Waals surface area contributed by atoms with Crippen LogP contribution in [0.15, 0.2) is 199 Å². The summed E-state index contributed by atoms with van der Waals surface area (Å²) in [5, 5.41) is 5.00. The van der Waals surface area contributed by atoms with Crippen LogP contribution in [-0.2, 0) is 5.41 Å². The third-order valence-corrected chi connectivity index (χ3v) is 14.3. The number of fused-ring (bicyclic) bond motifs is 12. The van der Waals surface area contributed by atoms with Gasteiger partial charge in [-0.15, -0.1) is 0 Å². The molecule has 0 aliphatic heterocycles. The molecule has 0 amide bonds. The molecule has 0 bridgehead atoms. The first-order valence-electron chi connectivity index (χ1n) is 22.0. The Hall–Kier alpha value is -7.16. The summed E-state index contributed by atoms with van der Waals surface area (Å²) in [5.74, 6) is 0.521. The molecule has 290 valence electrons. The molecule has 2 nitrogen and oxygen atoms in total. The van der Waals surface area contributed by atoms with E-state index in [9.17, 15) is 0 Å². The van der Waals surface area contributed by atoms with Crippen molar-refractivity contribution in [3.8, 4) is 33.4 Å². The van der Waals surface area contributed by atoms with Crippen molar-refractivity contribution >= 4 is 49.8 Å². The molecule has 1 saturated carbocycles. The molecule has 1 unspecified atom stereocenters. The molecule has 61 heavy (non-hydrogen) atoms. The summed E-state index contributed by atoms with van der Waals surface area (Å²) in [4.78, 5) is 2.47. The van der Waals surface area contributed by atoms with Crippen LogP contribution in [0.25, 0.3) is 66.1 Å². The molecule has 0 N–H and O–H groups in total. The standard InChI is InChI=1S/C59H43NO/c1-3-16-38(17-4-1)43-21-9-13-28-54(43)60(42-32-35-49-48-24-10-14-29-55(48)61-56(49)37-42)41-31-34-47-45-22-7-11-26-51(45)59(53(47)36-41)52-27-12-8-23-46(52)50-25-15-20-40-30-33-44(58(59)57(40)50)39-18-5-2-6-19-39/h1,3-4,7-17,20-37,39H,2,5-6,18-19H2. The minimum Gasteiger partial charge on any atom is -0.456 e. The molecule has 9 aromatic carbocycles. The van der Waals surface area contributed by atoms with Gasteiger partial charge in [-0.3, -0.25) is 0 Å². The lowest BCUT2D eigenvalue weighted by Gasteiger charge is -2.43. The van der Waals surface area contributed by atoms with Crippen LogP contribution in [0, 0.1) is 0 Å². The summed E-state index contributed by atoms with van der Waals surface area (Å²) in [6, 6.07) is 72.6. The fraction of sp³-hybridized carbons (Fsp3) is 0.119. The van der Waals surface area contributed by atoms with Gasteiger partial charge in [0, 0.05) is 33.8 Å². The number of hydrogen-bond acceptors (Lipinski definition) is 2. The van der Waals surface area contributed by atoms with Crippen LogP contribution in [0.5, 0.6) is 0 Å². The van der Waals surface area contributed by atoms with E-state index < -0.39 is 5.41 Å². The maximum absolute atomic E-state index is 6.59. The van der Waals surface area contributed by atoms with E-state index in [0.29, 0.717) is 5.92 Å². The number of furan rings is 1. The Morgan fingerprint density at radius 1 is 0.443 bits per heavy atom. The van der Waals surface area contributed by atoms with Gasteiger partial charge in [0.15, 0.2) is 0 Å². The topological polar surface area (TPSA) is 16.4 Å². The average molecular weight is 782 g/mol. The number of benzene rings is 9. The van der Waals surface area contributed by atoms with E-state index in [1.807, 2.05) is 0 Å². The maximum Gasteiger partial charge on any atom is 0.137 e. The zero-order valence-corrected chi connectivity index (χ0v) is 33.9. The lowest BCUT2D eigenvalue weighted by Crippen LogP contribution is -2.34. The van der Waals surface area contributed by atoms with Gasteiger partial charge in [0.2, 0.25) is 0 Å². The smallest absolute Gasteiger partial charge is 0.137 e. The molecular formula is C59H43NO. The summed E-state index contributed by atoms with van der Waals surface area (Å²) < 4.78 is 6.59. The Morgan fingerprint density at radius 3 is 1.92 bits per heavy atom. The average Bonchev–Trinajstić information content (AvgIpc) is 3.84. The van der Waals surface area contributed by atoms with E-state index in [4.69, 9.17) is 4.42 Å². The first-order valence-corrected chi connectivity index (χ1v) is 22.0. The van der Waals surface area contributed by atoms with E-state index in [1.54, 1.807) is 0 Å². The van der Waals surface area contributed by atoms with Crippen molar-refractivity contribution in [2.24, 2.45) is 0 Å². The molecule has 0 saturated heterocycles. The van der Waals surface area contributed by atoms with Crippen LogP contribution in [-0.4, -0.2) is 0 Å². The molecule has 10 aromatic rings. The minimum absolute atomic E-state index is 0.521. The summed E-state index contributed by atoms with van der Waals surface area (Å²) in [6.45, 7) is 0. The number of hydrogen-bond donors (Lipinski definition) is 0. The zero-order valence-electron chi connectivity index (χ0n) is 33.9. The molecular weight excluding hydrogens is 739 g/mol. The van der Waals surface area contributed by atoms with Gasteiger partial charge in [0.1, 0.15) is 11.2 Å². The SMILES string of the molecule is c1ccc(-c2ccccc2N(c2ccc3c(c2)C2(c4ccccc4-3)c3ccccc3-c3cccc4ccc(C5CCCCC5)c2c34)c2ccc3c(c2)oc2ccccc23)cc1. The first-order chi connectivity index (χ1) is 30.3. The fourth-order valence-electron chi connectivity index (χ4n) is 11.7. The Bertz CT molecular complexity index is 3370. The molecule has 3 aliphatic rings. The Kier molecular flexibility index (Phi) is 7.63. The van der Waals surface area contributed by atoms with Crippen LogP contribution in [0.2, 0.25) is 0 Å². The first kappa shape index (κ1) is 34.7. The molecule has 1 aromatic heterocycles. The molecule has 1 fully saturated rings. The van der Waals surface area contributed by atoms with Crippen LogP contribution in [0.4, 0.5) is 17.1 Å². The van der Waals surface area contributed by atoms with Gasteiger partial charge in [-0.1, -0.05) is 171 Å². The summed E-state index contributed by atoms with van der Waals surface area (Å²) in [5.41, 5.74) is 19.4. The second kappa shape index (κ2) is 13.4. The van der Waals surface area contributed by atoms with Crippen LogP contribution in [0.1, 0.15) is 65.8 Å². The van der Waals surface area contributed by atoms with E-state index in [-0.39, 0.29) is 0 Å². The molecule has 1 heterocycles. The summed E-state index contributed by atoms with van der Waals surface area (Å²) >= 11 is 0. The monoisotopic (exact) mass is 781 g/mol. The van der Waals surface area contributed by atoms with Gasteiger partial charge in [0.25, 0.3) is 0 Å². The number of rotatable bonds is 5. The van der Waals surface area contributed by atoms with Crippen LogP contribution in [0.3, 0.4) is 0 Å². The van der Waals surface area contributed by atoms with Crippen molar-refractivity contribution in [3.63, 3.8) is 0 Å². The molecule has 1 spiro atoms. The van der Waals surface area contributed by atoms with Crippen molar-refractivity contribution in [2.75, 3.05) is 4.90 Å². The third-order valence-electron chi connectivity index (χ3n) is 14.3. The minimum atomic E-state index is -0.521. The predicted molar refractivity (Wildman–Crippen MR) is 253 cm³/mol. The Morgan fingerprint density at radius 2 is 1.08 bits per heavy atom. The second-order valence-corrected chi connectivity index (χ2v) is 17.3.